The molecule has 4 atom stereocenters. The fourth-order valence-electron chi connectivity index (χ4n) is 7.06. The molecule has 0 aromatic heterocycles. The first-order chi connectivity index (χ1) is 21.3. The van der Waals surface area contributed by atoms with Crippen LogP contribution in [0.25, 0.3) is 0 Å². The summed E-state index contributed by atoms with van der Waals surface area (Å²) in [5.74, 6) is 0. The van der Waals surface area contributed by atoms with Gasteiger partial charge in [0, 0.05) is 13.2 Å². The van der Waals surface area contributed by atoms with Gasteiger partial charge >= 0.3 is 0 Å². The summed E-state index contributed by atoms with van der Waals surface area (Å²) in [5.41, 5.74) is 0. The Morgan fingerprint density at radius 1 is 0.419 bits per heavy atom. The zero-order chi connectivity index (χ0) is 30.5. The maximum absolute atomic E-state index is 7.07. The van der Waals surface area contributed by atoms with Crippen molar-refractivity contribution < 1.29 is 14.2 Å². The van der Waals surface area contributed by atoms with E-state index >= 15 is 0 Å². The molecule has 0 aromatic rings. The number of hydrogen-bond donors (Lipinski definition) is 0. The predicted molar refractivity (Wildman–Crippen MR) is 187 cm³/mol. The molecule has 2 saturated heterocycles. The third-order valence-corrected chi connectivity index (χ3v) is 10.3. The molecular formula is C40H78O3. The molecule has 0 aromatic carbocycles. The lowest BCUT2D eigenvalue weighted by atomic mass is 9.98. The van der Waals surface area contributed by atoms with E-state index in [1.54, 1.807) is 0 Å². The maximum atomic E-state index is 7.07. The van der Waals surface area contributed by atoms with Gasteiger partial charge in [-0.15, -0.1) is 0 Å². The first kappa shape index (κ1) is 39.1. The number of ether oxygens (including phenoxy) is 3. The fourth-order valence-corrected chi connectivity index (χ4v) is 7.06. The Morgan fingerprint density at radius 2 is 0.698 bits per heavy atom. The van der Waals surface area contributed by atoms with Gasteiger partial charge in [0.2, 0.25) is 0 Å². The Kier molecular flexibility index (Phi) is 26.6. The summed E-state index contributed by atoms with van der Waals surface area (Å²) in [6.07, 6.45) is 45.9. The van der Waals surface area contributed by atoms with Crippen LogP contribution in [-0.4, -0.2) is 37.6 Å². The second kappa shape index (κ2) is 29.3. The summed E-state index contributed by atoms with van der Waals surface area (Å²) in [6.45, 7) is 6.63. The fraction of sp³-hybridized carbons (Fsp3) is 1.00. The molecule has 43 heavy (non-hydrogen) atoms. The summed E-state index contributed by atoms with van der Waals surface area (Å²) in [5, 5.41) is 0. The van der Waals surface area contributed by atoms with Gasteiger partial charge in [-0.1, -0.05) is 168 Å². The highest BCUT2D eigenvalue weighted by Crippen LogP contribution is 2.25. The third-order valence-electron chi connectivity index (χ3n) is 10.3. The number of unbranched alkanes of at least 4 members (excludes halogenated alkanes) is 20. The smallest absolute Gasteiger partial charge is 0.0597 e. The van der Waals surface area contributed by atoms with E-state index in [2.05, 4.69) is 13.8 Å². The van der Waals surface area contributed by atoms with E-state index in [1.807, 2.05) is 0 Å². The average Bonchev–Trinajstić information content (AvgIpc) is 2.96. The number of hydrogen-bond acceptors (Lipinski definition) is 3. The van der Waals surface area contributed by atoms with Crippen LogP contribution in [0.4, 0.5) is 0 Å². The molecule has 3 heteroatoms. The van der Waals surface area contributed by atoms with E-state index in [-0.39, 0.29) is 0 Å². The molecule has 3 nitrogen and oxygen atoms in total. The van der Waals surface area contributed by atoms with Gasteiger partial charge in [0.1, 0.15) is 0 Å². The van der Waals surface area contributed by atoms with E-state index in [1.165, 1.54) is 205 Å². The van der Waals surface area contributed by atoms with Crippen LogP contribution >= 0.6 is 0 Å². The molecule has 0 saturated carbocycles. The van der Waals surface area contributed by atoms with E-state index < -0.39 is 0 Å². The first-order valence-corrected chi connectivity index (χ1v) is 20.2. The van der Waals surface area contributed by atoms with Crippen LogP contribution in [0.5, 0.6) is 0 Å². The molecule has 2 aliphatic heterocycles. The van der Waals surface area contributed by atoms with Crippen molar-refractivity contribution in [1.29, 1.82) is 0 Å². The van der Waals surface area contributed by atoms with Gasteiger partial charge in [-0.2, -0.15) is 0 Å². The topological polar surface area (TPSA) is 27.7 Å². The third kappa shape index (κ3) is 22.9. The van der Waals surface area contributed by atoms with Crippen molar-refractivity contribution in [2.45, 2.75) is 244 Å². The average molecular weight is 607 g/mol. The van der Waals surface area contributed by atoms with Gasteiger partial charge in [-0.05, 0) is 51.4 Å². The van der Waals surface area contributed by atoms with Crippen molar-refractivity contribution in [2.24, 2.45) is 0 Å². The zero-order valence-electron chi connectivity index (χ0n) is 29.6. The monoisotopic (exact) mass is 607 g/mol. The van der Waals surface area contributed by atoms with Gasteiger partial charge in [0.25, 0.3) is 0 Å². The predicted octanol–water partition coefficient (Wildman–Crippen LogP) is 13.1. The quantitative estimate of drug-likeness (QED) is 0.0682. The Balaban J connectivity index is 1.72. The lowest BCUT2D eigenvalue weighted by Crippen LogP contribution is -2.26. The van der Waals surface area contributed by atoms with Gasteiger partial charge in [0.05, 0.1) is 24.4 Å². The molecule has 2 rings (SSSR count). The van der Waals surface area contributed by atoms with Gasteiger partial charge in [-0.25, -0.2) is 0 Å². The minimum Gasteiger partial charge on any atom is -0.378 e. The Labute approximate surface area is 270 Å². The van der Waals surface area contributed by atoms with E-state index in [0.717, 1.165) is 13.2 Å². The van der Waals surface area contributed by atoms with Crippen LogP contribution < -0.4 is 0 Å². The Hall–Kier alpha value is -0.120. The van der Waals surface area contributed by atoms with Crippen LogP contribution in [0.2, 0.25) is 0 Å². The highest BCUT2D eigenvalue weighted by molar-refractivity contribution is 4.69. The molecule has 2 aliphatic rings. The maximum Gasteiger partial charge on any atom is 0.0597 e. The summed E-state index contributed by atoms with van der Waals surface area (Å²) in [4.78, 5) is 0. The van der Waals surface area contributed by atoms with E-state index in [4.69, 9.17) is 14.2 Å². The molecule has 0 amide bonds. The SMILES string of the molecule is CCCCCCCCCCC(CCCCCCC1CCO1)OC(CCCCCCCCCC)CCCCCCC1CCO1. The van der Waals surface area contributed by atoms with Crippen LogP contribution in [0.15, 0.2) is 0 Å². The molecule has 4 unspecified atom stereocenters. The van der Waals surface area contributed by atoms with Crippen molar-refractivity contribution in [3.8, 4) is 0 Å². The largest absolute Gasteiger partial charge is 0.378 e. The normalized spacial score (nSPS) is 19.7. The molecule has 2 fully saturated rings. The van der Waals surface area contributed by atoms with E-state index in [9.17, 15) is 0 Å². The van der Waals surface area contributed by atoms with Crippen LogP contribution in [0.1, 0.15) is 219 Å². The molecule has 0 spiro atoms. The van der Waals surface area contributed by atoms with Crippen LogP contribution in [0.3, 0.4) is 0 Å². The Morgan fingerprint density at radius 3 is 0.977 bits per heavy atom. The molecule has 0 radical (unpaired) electrons. The lowest BCUT2D eigenvalue weighted by Gasteiger charge is -2.27. The molecule has 2 heterocycles. The van der Waals surface area contributed by atoms with E-state index in [0.29, 0.717) is 24.4 Å². The van der Waals surface area contributed by atoms with Gasteiger partial charge < -0.3 is 14.2 Å². The Bertz CT molecular complexity index is 510. The van der Waals surface area contributed by atoms with Crippen molar-refractivity contribution >= 4 is 0 Å². The van der Waals surface area contributed by atoms with Crippen molar-refractivity contribution in [3.63, 3.8) is 0 Å². The second-order valence-electron chi connectivity index (χ2n) is 14.5. The minimum absolute atomic E-state index is 0.491. The molecule has 256 valence electrons. The standard InChI is InChI=1S/C40H78O3/c1-3-5-7-9-11-13-15-23-29-39(31-25-19-17-21-27-37-33-35-41-37)43-40(30-24-16-14-12-10-8-6-4-2)32-26-20-18-22-28-38-34-36-42-38/h37-40H,3-36H2,1-2H3. The minimum atomic E-state index is 0.491. The second-order valence-corrected chi connectivity index (χ2v) is 14.5. The molecule has 0 aliphatic carbocycles. The van der Waals surface area contributed by atoms with Gasteiger partial charge in [-0.3, -0.25) is 0 Å². The summed E-state index contributed by atoms with van der Waals surface area (Å²) >= 11 is 0. The van der Waals surface area contributed by atoms with Crippen molar-refractivity contribution in [2.75, 3.05) is 13.2 Å². The number of rotatable bonds is 34. The van der Waals surface area contributed by atoms with Gasteiger partial charge in [0.15, 0.2) is 0 Å². The highest BCUT2D eigenvalue weighted by Gasteiger charge is 2.19. The molecule has 0 bridgehead atoms. The summed E-state index contributed by atoms with van der Waals surface area (Å²) in [6, 6.07) is 0. The zero-order valence-corrected chi connectivity index (χ0v) is 29.6. The first-order valence-electron chi connectivity index (χ1n) is 20.2. The molecular weight excluding hydrogens is 528 g/mol. The molecule has 0 N–H and O–H groups in total. The highest BCUT2D eigenvalue weighted by atomic mass is 16.5. The summed E-state index contributed by atoms with van der Waals surface area (Å²) < 4.78 is 18.3. The van der Waals surface area contributed by atoms with Crippen LogP contribution in [0, 0.1) is 0 Å². The van der Waals surface area contributed by atoms with Crippen molar-refractivity contribution in [1.82, 2.24) is 0 Å². The summed E-state index contributed by atoms with van der Waals surface area (Å²) in [7, 11) is 0. The lowest BCUT2D eigenvalue weighted by molar-refractivity contribution is -0.0557. The van der Waals surface area contributed by atoms with Crippen molar-refractivity contribution in [3.05, 3.63) is 0 Å². The van der Waals surface area contributed by atoms with Crippen LogP contribution in [-0.2, 0) is 14.2 Å².